The van der Waals surface area contributed by atoms with E-state index in [1.165, 1.54) is 11.1 Å². The maximum Gasteiger partial charge on any atom is 0.0242 e. The molecule has 1 aliphatic heterocycles. The van der Waals surface area contributed by atoms with E-state index < -0.39 is 0 Å². The summed E-state index contributed by atoms with van der Waals surface area (Å²) in [7, 11) is 0. The van der Waals surface area contributed by atoms with Gasteiger partial charge in [0.05, 0.1) is 0 Å². The summed E-state index contributed by atoms with van der Waals surface area (Å²) < 4.78 is 2.30. The fraction of sp³-hybridized carbons (Fsp3) is 0.250. The lowest BCUT2D eigenvalue weighted by atomic mass is 9.71. The van der Waals surface area contributed by atoms with Gasteiger partial charge in [-0.2, -0.15) is 0 Å². The summed E-state index contributed by atoms with van der Waals surface area (Å²) in [6, 6.07) is 17.4. The molecule has 1 heterocycles. The van der Waals surface area contributed by atoms with Gasteiger partial charge in [0.2, 0.25) is 0 Å². The Morgan fingerprint density at radius 2 is 1.68 bits per heavy atom. The van der Waals surface area contributed by atoms with Crippen LogP contribution in [0.3, 0.4) is 0 Å². The van der Waals surface area contributed by atoms with Crippen molar-refractivity contribution in [2.45, 2.75) is 11.8 Å². The van der Waals surface area contributed by atoms with Crippen molar-refractivity contribution in [1.29, 1.82) is 0 Å². The SMILES string of the molecule is Brc1ccc(C2(Cc3cccc(Br)c3)CNC2)cc1. The third kappa shape index (κ3) is 2.78. The van der Waals surface area contributed by atoms with Crippen LogP contribution in [0.2, 0.25) is 0 Å². The van der Waals surface area contributed by atoms with Crippen molar-refractivity contribution >= 4 is 31.9 Å². The van der Waals surface area contributed by atoms with Gasteiger partial charge in [-0.1, -0.05) is 56.1 Å². The minimum Gasteiger partial charge on any atom is -0.315 e. The van der Waals surface area contributed by atoms with Crippen LogP contribution in [-0.4, -0.2) is 13.1 Å². The Labute approximate surface area is 130 Å². The summed E-state index contributed by atoms with van der Waals surface area (Å²) in [4.78, 5) is 0. The van der Waals surface area contributed by atoms with E-state index in [1.807, 2.05) is 0 Å². The summed E-state index contributed by atoms with van der Waals surface area (Å²) >= 11 is 7.06. The van der Waals surface area contributed by atoms with Gasteiger partial charge in [-0.25, -0.2) is 0 Å². The zero-order valence-corrected chi connectivity index (χ0v) is 13.7. The van der Waals surface area contributed by atoms with E-state index in [9.17, 15) is 0 Å². The molecule has 0 unspecified atom stereocenters. The molecule has 0 spiro atoms. The van der Waals surface area contributed by atoms with E-state index >= 15 is 0 Å². The topological polar surface area (TPSA) is 12.0 Å². The van der Waals surface area contributed by atoms with Crippen LogP contribution in [0.15, 0.2) is 57.5 Å². The van der Waals surface area contributed by atoms with E-state index in [0.29, 0.717) is 0 Å². The molecule has 1 fully saturated rings. The van der Waals surface area contributed by atoms with Gasteiger partial charge in [-0.3, -0.25) is 0 Å². The van der Waals surface area contributed by atoms with Crippen LogP contribution < -0.4 is 5.32 Å². The standard InChI is InChI=1S/C16H15Br2N/c17-14-6-4-13(5-7-14)16(10-19-11-16)9-12-2-1-3-15(18)8-12/h1-8,19H,9-11H2. The maximum atomic E-state index is 3.55. The third-order valence-electron chi connectivity index (χ3n) is 3.81. The average molecular weight is 381 g/mol. The van der Waals surface area contributed by atoms with Crippen molar-refractivity contribution in [3.8, 4) is 0 Å². The first kappa shape index (κ1) is 13.3. The molecule has 0 aromatic heterocycles. The molecule has 3 rings (SSSR count). The quantitative estimate of drug-likeness (QED) is 0.837. The van der Waals surface area contributed by atoms with E-state index in [1.54, 1.807) is 0 Å². The highest BCUT2D eigenvalue weighted by Gasteiger charge is 2.38. The molecule has 1 saturated heterocycles. The second kappa shape index (κ2) is 5.39. The molecule has 0 saturated carbocycles. The molecule has 0 aliphatic carbocycles. The monoisotopic (exact) mass is 379 g/mol. The summed E-state index contributed by atoms with van der Waals surface area (Å²) in [6.07, 6.45) is 1.08. The number of hydrogen-bond acceptors (Lipinski definition) is 1. The predicted molar refractivity (Wildman–Crippen MR) is 86.5 cm³/mol. The van der Waals surface area contributed by atoms with Crippen LogP contribution in [0.5, 0.6) is 0 Å². The average Bonchev–Trinajstić information content (AvgIpc) is 2.35. The molecule has 3 heteroatoms. The Morgan fingerprint density at radius 1 is 0.947 bits per heavy atom. The molecule has 2 aromatic carbocycles. The van der Waals surface area contributed by atoms with Gasteiger partial charge in [0.1, 0.15) is 0 Å². The lowest BCUT2D eigenvalue weighted by Gasteiger charge is -2.43. The first-order chi connectivity index (χ1) is 9.18. The molecular formula is C16H15Br2N. The van der Waals surface area contributed by atoms with Crippen molar-refractivity contribution in [3.63, 3.8) is 0 Å². The number of halogens is 2. The Morgan fingerprint density at radius 3 is 2.26 bits per heavy atom. The van der Waals surface area contributed by atoms with Crippen molar-refractivity contribution in [1.82, 2.24) is 5.32 Å². The molecule has 0 bridgehead atoms. The van der Waals surface area contributed by atoms with Gasteiger partial charge in [-0.15, -0.1) is 0 Å². The molecule has 1 N–H and O–H groups in total. The van der Waals surface area contributed by atoms with Gasteiger partial charge < -0.3 is 5.32 Å². The van der Waals surface area contributed by atoms with Crippen molar-refractivity contribution in [3.05, 3.63) is 68.6 Å². The molecule has 0 amide bonds. The predicted octanol–water partition coefficient (Wildman–Crippen LogP) is 4.30. The number of benzene rings is 2. The normalized spacial score (nSPS) is 16.9. The third-order valence-corrected chi connectivity index (χ3v) is 4.84. The molecule has 98 valence electrons. The first-order valence-electron chi connectivity index (χ1n) is 6.39. The Bertz CT molecular complexity index is 574. The van der Waals surface area contributed by atoms with E-state index in [0.717, 1.165) is 28.5 Å². The van der Waals surface area contributed by atoms with Gasteiger partial charge in [0.15, 0.2) is 0 Å². The molecule has 0 atom stereocenters. The van der Waals surface area contributed by atoms with Crippen LogP contribution in [0, 0.1) is 0 Å². The van der Waals surface area contributed by atoms with Crippen LogP contribution in [0.25, 0.3) is 0 Å². The van der Waals surface area contributed by atoms with Crippen LogP contribution in [0.1, 0.15) is 11.1 Å². The number of nitrogens with one attached hydrogen (secondary N) is 1. The summed E-state index contributed by atoms with van der Waals surface area (Å²) in [5, 5.41) is 3.43. The molecule has 2 aromatic rings. The lowest BCUT2D eigenvalue weighted by molar-refractivity contribution is 0.274. The van der Waals surface area contributed by atoms with Crippen LogP contribution in [-0.2, 0) is 11.8 Å². The molecule has 1 nitrogen and oxygen atoms in total. The van der Waals surface area contributed by atoms with E-state index in [-0.39, 0.29) is 5.41 Å². The lowest BCUT2D eigenvalue weighted by Crippen LogP contribution is -2.58. The minimum atomic E-state index is 0.251. The second-order valence-corrected chi connectivity index (χ2v) is 7.03. The first-order valence-corrected chi connectivity index (χ1v) is 7.98. The fourth-order valence-electron chi connectivity index (χ4n) is 2.70. The number of hydrogen-bond donors (Lipinski definition) is 1. The van der Waals surface area contributed by atoms with Crippen molar-refractivity contribution < 1.29 is 0 Å². The minimum absolute atomic E-state index is 0.251. The highest BCUT2D eigenvalue weighted by atomic mass is 79.9. The summed E-state index contributed by atoms with van der Waals surface area (Å²) in [6.45, 7) is 2.11. The molecule has 19 heavy (non-hydrogen) atoms. The van der Waals surface area contributed by atoms with Gasteiger partial charge in [0, 0.05) is 27.4 Å². The van der Waals surface area contributed by atoms with Gasteiger partial charge in [-0.05, 0) is 41.8 Å². The Kier molecular flexibility index (Phi) is 3.79. The largest absolute Gasteiger partial charge is 0.315 e. The van der Waals surface area contributed by atoms with E-state index in [2.05, 4.69) is 85.7 Å². The Balaban J connectivity index is 1.89. The van der Waals surface area contributed by atoms with Crippen molar-refractivity contribution in [2.75, 3.05) is 13.1 Å². The van der Waals surface area contributed by atoms with Gasteiger partial charge in [0.25, 0.3) is 0 Å². The maximum absolute atomic E-state index is 3.55. The highest BCUT2D eigenvalue weighted by molar-refractivity contribution is 9.10. The fourth-order valence-corrected chi connectivity index (χ4v) is 3.41. The Hall–Kier alpha value is -0.640. The molecule has 1 aliphatic rings. The summed E-state index contributed by atoms with van der Waals surface area (Å²) in [5.74, 6) is 0. The zero-order chi connectivity index (χ0) is 13.3. The summed E-state index contributed by atoms with van der Waals surface area (Å²) in [5.41, 5.74) is 3.06. The molecular weight excluding hydrogens is 366 g/mol. The smallest absolute Gasteiger partial charge is 0.0242 e. The van der Waals surface area contributed by atoms with Crippen molar-refractivity contribution in [2.24, 2.45) is 0 Å². The van der Waals surface area contributed by atoms with E-state index in [4.69, 9.17) is 0 Å². The highest BCUT2D eigenvalue weighted by Crippen LogP contribution is 2.33. The second-order valence-electron chi connectivity index (χ2n) is 5.20. The zero-order valence-electron chi connectivity index (χ0n) is 10.5. The number of rotatable bonds is 3. The van der Waals surface area contributed by atoms with Crippen LogP contribution >= 0.6 is 31.9 Å². The van der Waals surface area contributed by atoms with Crippen LogP contribution in [0.4, 0.5) is 0 Å². The van der Waals surface area contributed by atoms with Gasteiger partial charge >= 0.3 is 0 Å². The molecule has 0 radical (unpaired) electrons.